The van der Waals surface area contributed by atoms with Crippen molar-refractivity contribution in [3.05, 3.63) is 118 Å². The molecule has 4 aromatic rings. The Balaban J connectivity index is 0.000000254. The number of esters is 2. The summed E-state index contributed by atoms with van der Waals surface area (Å²) in [5.74, 6) is -5.65. The van der Waals surface area contributed by atoms with Crippen LogP contribution in [0.15, 0.2) is 72.8 Å². The Bertz CT molecular complexity index is 2810. The van der Waals surface area contributed by atoms with E-state index in [0.29, 0.717) is 37.1 Å². The summed E-state index contributed by atoms with van der Waals surface area (Å²) in [6, 6.07) is 22.4. The van der Waals surface area contributed by atoms with Gasteiger partial charge in [-0.25, -0.2) is 40.8 Å². The number of pyridine rings is 2. The van der Waals surface area contributed by atoms with Crippen LogP contribution in [0.4, 0.5) is 29.2 Å². The number of carbonyl (C=O) groups is 4. The molecule has 0 radical (unpaired) electrons. The number of aromatic nitrogens is 2. The number of nitrogens with zero attached hydrogens (tertiary/aromatic N) is 6. The average molecular weight is 985 g/mol. The van der Waals surface area contributed by atoms with Gasteiger partial charge in [-0.15, -0.1) is 0 Å². The summed E-state index contributed by atoms with van der Waals surface area (Å²) < 4.78 is 117. The quantitative estimate of drug-likeness (QED) is 0.121. The monoisotopic (exact) mass is 984 g/mol. The largest absolute Gasteiger partial charge is 0.462 e. The first-order chi connectivity index (χ1) is 32.2. The van der Waals surface area contributed by atoms with Crippen molar-refractivity contribution in [3.8, 4) is 12.1 Å². The lowest BCUT2D eigenvalue weighted by atomic mass is 9.96. The van der Waals surface area contributed by atoms with Crippen molar-refractivity contribution in [3.63, 3.8) is 0 Å². The van der Waals surface area contributed by atoms with E-state index in [4.69, 9.17) is 4.74 Å². The molecule has 68 heavy (non-hydrogen) atoms. The highest BCUT2D eigenvalue weighted by atomic mass is 32.2. The first kappa shape index (κ1) is 51.8. The van der Waals surface area contributed by atoms with E-state index in [0.717, 1.165) is 6.07 Å². The van der Waals surface area contributed by atoms with Crippen LogP contribution in [0.3, 0.4) is 0 Å². The maximum atomic E-state index is 13.6. The molecule has 0 atom stereocenters. The molecule has 2 aromatic carbocycles. The molecule has 2 fully saturated rings. The number of nitrogens with one attached hydrogen (secondary N) is 2. The van der Waals surface area contributed by atoms with Crippen LogP contribution in [0.1, 0.15) is 81.0 Å². The third-order valence-corrected chi connectivity index (χ3v) is 12.8. The molecular weight excluding hydrogens is 941 g/mol. The normalized spacial score (nSPS) is 14.2. The molecule has 2 aromatic heterocycles. The molecule has 2 saturated heterocycles. The van der Waals surface area contributed by atoms with E-state index in [1.54, 1.807) is 78.6 Å². The summed E-state index contributed by atoms with van der Waals surface area (Å²) in [6.07, 6.45) is -4.36. The average Bonchev–Trinajstić information content (AvgIpc) is 3.28. The minimum Gasteiger partial charge on any atom is -0.462 e. The number of carbonyl (C=O) groups excluding carboxylic acids is 4. The summed E-state index contributed by atoms with van der Waals surface area (Å²) >= 11 is 0. The molecule has 2 aliphatic rings. The number of piperidine rings is 1. The highest BCUT2D eigenvalue weighted by molar-refractivity contribution is 7.89. The molecular formula is C44H44F4N8O10S2. The van der Waals surface area contributed by atoms with Gasteiger partial charge in [0.15, 0.2) is 5.69 Å². The molecule has 0 spiro atoms. The van der Waals surface area contributed by atoms with Gasteiger partial charge in [-0.2, -0.15) is 23.7 Å². The van der Waals surface area contributed by atoms with Crippen molar-refractivity contribution in [2.45, 2.75) is 51.0 Å². The molecule has 18 nitrogen and oxygen atoms in total. The zero-order valence-corrected chi connectivity index (χ0v) is 38.1. The van der Waals surface area contributed by atoms with E-state index < -0.39 is 85.5 Å². The van der Waals surface area contributed by atoms with Crippen LogP contribution in [0.25, 0.3) is 0 Å². The van der Waals surface area contributed by atoms with E-state index >= 15 is 0 Å². The van der Waals surface area contributed by atoms with Gasteiger partial charge in [0, 0.05) is 32.1 Å². The fraction of sp³-hybridized carbons (Fsp3) is 0.364. The molecule has 0 bridgehead atoms. The molecule has 6 rings (SSSR count). The molecule has 0 saturated carbocycles. The van der Waals surface area contributed by atoms with Gasteiger partial charge < -0.3 is 19.3 Å². The number of hydrogen-bond acceptors (Lipinski definition) is 16. The first-order valence-electron chi connectivity index (χ1n) is 20.8. The van der Waals surface area contributed by atoms with Crippen LogP contribution in [0.5, 0.6) is 0 Å². The van der Waals surface area contributed by atoms with E-state index in [9.17, 15) is 64.1 Å². The number of amides is 2. The second-order valence-corrected chi connectivity index (χ2v) is 18.6. The molecule has 4 heterocycles. The minimum absolute atomic E-state index is 0.0913. The second-order valence-electron chi connectivity index (χ2n) is 15.2. The highest BCUT2D eigenvalue weighted by Gasteiger charge is 2.42. The smallest absolute Gasteiger partial charge is 0.434 e. The van der Waals surface area contributed by atoms with E-state index in [1.807, 2.05) is 10.8 Å². The Morgan fingerprint density at radius 1 is 0.706 bits per heavy atom. The van der Waals surface area contributed by atoms with Gasteiger partial charge in [-0.3, -0.25) is 19.0 Å². The Morgan fingerprint density at radius 3 is 1.59 bits per heavy atom. The number of ether oxygens (including phenoxy) is 2. The number of halogens is 4. The van der Waals surface area contributed by atoms with Gasteiger partial charge in [0.2, 0.25) is 31.9 Å². The molecule has 2 N–H and O–H groups in total. The van der Waals surface area contributed by atoms with Crippen molar-refractivity contribution in [1.82, 2.24) is 19.4 Å². The Hall–Kier alpha value is -7.18. The van der Waals surface area contributed by atoms with Crippen molar-refractivity contribution in [2.75, 3.05) is 49.2 Å². The molecule has 24 heteroatoms. The molecule has 2 amide bonds. The van der Waals surface area contributed by atoms with Crippen LogP contribution < -0.4 is 19.2 Å². The van der Waals surface area contributed by atoms with Crippen molar-refractivity contribution in [2.24, 2.45) is 11.8 Å². The fourth-order valence-electron chi connectivity index (χ4n) is 7.06. The molecule has 2 aliphatic heterocycles. The number of benzene rings is 2. The summed E-state index contributed by atoms with van der Waals surface area (Å²) in [5, 5.41) is 18.9. The first-order valence-corrected chi connectivity index (χ1v) is 24.1. The lowest BCUT2D eigenvalue weighted by Crippen LogP contribution is -2.55. The Labute approximate surface area is 389 Å². The number of rotatable bonds is 15. The molecule has 360 valence electrons. The van der Waals surface area contributed by atoms with Gasteiger partial charge in [0.25, 0.3) is 0 Å². The lowest BCUT2D eigenvalue weighted by molar-refractivity contribution is -0.141. The van der Waals surface area contributed by atoms with Crippen molar-refractivity contribution in [1.29, 1.82) is 10.5 Å². The van der Waals surface area contributed by atoms with Gasteiger partial charge in [0.1, 0.15) is 30.4 Å². The second kappa shape index (κ2) is 22.5. The van der Waals surface area contributed by atoms with Crippen LogP contribution in [-0.4, -0.2) is 89.9 Å². The fourth-order valence-corrected chi connectivity index (χ4v) is 9.42. The molecule has 0 aliphatic carbocycles. The van der Waals surface area contributed by atoms with Gasteiger partial charge >= 0.3 is 18.1 Å². The maximum absolute atomic E-state index is 13.6. The summed E-state index contributed by atoms with van der Waals surface area (Å²) in [6.45, 7) is 2.25. The standard InChI is InChI=1S/C23H25FN4O5S.C21H19F3N4O5S/c1-2-33-23(30)19-12-18(14-25)21(26-20(19)13-24)28-10-8-17(9-11-28)22(29)27-34(31,32)15-16-6-4-3-5-7-16;1-2-33-20(30)16-8-14(9-25)18(26-17(16)21(22,23)24)28-10-15(11-28)19(29)27-34(31,32)12-13-6-4-3-5-7-13/h3-7,12,17H,2,8-11,13,15H2,1H3,(H,27,29);3-8,15H,2,10-12H2,1H3,(H,27,29). The van der Waals surface area contributed by atoms with Crippen LogP contribution in [0, 0.1) is 34.5 Å². The van der Waals surface area contributed by atoms with Gasteiger partial charge in [-0.1, -0.05) is 60.7 Å². The Kier molecular flexibility index (Phi) is 17.2. The number of sulfonamides is 2. The zero-order chi connectivity index (χ0) is 49.8. The summed E-state index contributed by atoms with van der Waals surface area (Å²) in [4.78, 5) is 59.6. The third kappa shape index (κ3) is 13.5. The van der Waals surface area contributed by atoms with Crippen LogP contribution in [-0.2, 0) is 63.5 Å². The minimum atomic E-state index is -5.00. The third-order valence-electron chi connectivity index (χ3n) is 10.3. The predicted octanol–water partition coefficient (Wildman–Crippen LogP) is 4.69. The highest BCUT2D eigenvalue weighted by Crippen LogP contribution is 2.36. The van der Waals surface area contributed by atoms with E-state index in [1.165, 1.54) is 17.9 Å². The summed E-state index contributed by atoms with van der Waals surface area (Å²) in [5.41, 5.74) is -1.80. The number of nitriles is 2. The van der Waals surface area contributed by atoms with Crippen LogP contribution in [0.2, 0.25) is 0 Å². The van der Waals surface area contributed by atoms with Crippen molar-refractivity contribution >= 4 is 55.4 Å². The number of alkyl halides is 4. The predicted molar refractivity (Wildman–Crippen MR) is 235 cm³/mol. The Morgan fingerprint density at radius 2 is 1.15 bits per heavy atom. The maximum Gasteiger partial charge on any atom is 0.434 e. The lowest BCUT2D eigenvalue weighted by Gasteiger charge is -2.39. The summed E-state index contributed by atoms with van der Waals surface area (Å²) in [7, 11) is -7.82. The SMILES string of the molecule is CCOC(=O)c1cc(C#N)c(N2CC(C(=O)NS(=O)(=O)Cc3ccccc3)C2)nc1C(F)(F)F.CCOC(=O)c1cc(C#N)c(N2CCC(C(=O)NS(=O)(=O)Cc3ccccc3)CC2)nc1CF. The number of anilines is 2. The van der Waals surface area contributed by atoms with Gasteiger partial charge in [-0.05, 0) is 49.9 Å². The molecule has 0 unspecified atom stereocenters. The number of hydrogen-bond donors (Lipinski definition) is 2. The van der Waals surface area contributed by atoms with E-state index in [2.05, 4.69) is 19.4 Å². The topological polar surface area (TPSA) is 259 Å². The van der Waals surface area contributed by atoms with E-state index in [-0.39, 0.29) is 66.1 Å². The van der Waals surface area contributed by atoms with Crippen LogP contribution >= 0.6 is 0 Å². The van der Waals surface area contributed by atoms with Crippen molar-refractivity contribution < 1.29 is 63.0 Å². The zero-order valence-electron chi connectivity index (χ0n) is 36.5. The van der Waals surface area contributed by atoms with Gasteiger partial charge in [0.05, 0.1) is 58.6 Å².